The lowest BCUT2D eigenvalue weighted by molar-refractivity contribution is -0.127. The first-order chi connectivity index (χ1) is 11.7. The van der Waals surface area contributed by atoms with Crippen molar-refractivity contribution in [3.8, 4) is 0 Å². The van der Waals surface area contributed by atoms with Crippen LogP contribution in [0, 0.1) is 5.92 Å². The average Bonchev–Trinajstić information content (AvgIpc) is 3.22. The molecule has 2 aliphatic heterocycles. The Balaban J connectivity index is 1.60. The van der Waals surface area contributed by atoms with Crippen molar-refractivity contribution in [2.75, 3.05) is 19.6 Å². The standard InChI is InChI=1S/C19H28ClN3O/c1-2-15-8-10-23(13-17-7-4-9-21-17)18(15)19(24)22-12-14-5-3-6-16(20)11-14/h3,5-6,11,15,17-18,21H,2,4,7-10,12-13H2,1H3,(H,22,24)/t15-,17?,18-/m0/s1. The van der Waals surface area contributed by atoms with E-state index >= 15 is 0 Å². The first-order valence-electron chi connectivity index (χ1n) is 9.17. The van der Waals surface area contributed by atoms with E-state index in [4.69, 9.17) is 11.6 Å². The van der Waals surface area contributed by atoms with Gasteiger partial charge in [-0.1, -0.05) is 37.1 Å². The molecule has 0 radical (unpaired) electrons. The SMILES string of the molecule is CC[C@H]1CCN(CC2CCCN2)[C@@H]1C(=O)NCc1cccc(Cl)c1. The van der Waals surface area contributed by atoms with Gasteiger partial charge in [0.15, 0.2) is 0 Å². The Bertz CT molecular complexity index is 559. The number of carbonyl (C=O) groups excluding carboxylic acids is 1. The van der Waals surface area contributed by atoms with Gasteiger partial charge in [-0.2, -0.15) is 0 Å². The summed E-state index contributed by atoms with van der Waals surface area (Å²) >= 11 is 6.02. The molecule has 0 aromatic heterocycles. The topological polar surface area (TPSA) is 44.4 Å². The second-order valence-corrected chi connectivity index (χ2v) is 7.47. The summed E-state index contributed by atoms with van der Waals surface area (Å²) in [5, 5.41) is 7.39. The number of nitrogens with one attached hydrogen (secondary N) is 2. The lowest BCUT2D eigenvalue weighted by atomic mass is 9.96. The number of hydrogen-bond donors (Lipinski definition) is 2. The lowest BCUT2D eigenvalue weighted by Crippen LogP contribution is -2.49. The number of nitrogens with zero attached hydrogens (tertiary/aromatic N) is 1. The van der Waals surface area contributed by atoms with Crippen molar-refractivity contribution in [2.45, 2.75) is 51.2 Å². The summed E-state index contributed by atoms with van der Waals surface area (Å²) in [6.07, 6.45) is 4.66. The Morgan fingerprint density at radius 1 is 1.42 bits per heavy atom. The van der Waals surface area contributed by atoms with Crippen molar-refractivity contribution in [1.82, 2.24) is 15.5 Å². The summed E-state index contributed by atoms with van der Waals surface area (Å²) in [5.74, 6) is 0.628. The van der Waals surface area contributed by atoms with Gasteiger partial charge in [-0.15, -0.1) is 0 Å². The zero-order valence-electron chi connectivity index (χ0n) is 14.4. The third kappa shape index (κ3) is 4.29. The van der Waals surface area contributed by atoms with Crippen LogP contribution in [0.5, 0.6) is 0 Å². The van der Waals surface area contributed by atoms with Crippen molar-refractivity contribution >= 4 is 17.5 Å². The highest BCUT2D eigenvalue weighted by atomic mass is 35.5. The van der Waals surface area contributed by atoms with Crippen LogP contribution >= 0.6 is 11.6 Å². The van der Waals surface area contributed by atoms with Gasteiger partial charge in [0, 0.05) is 24.2 Å². The van der Waals surface area contributed by atoms with Crippen molar-refractivity contribution in [1.29, 1.82) is 0 Å². The fourth-order valence-electron chi connectivity index (χ4n) is 4.08. The summed E-state index contributed by atoms with van der Waals surface area (Å²) in [7, 11) is 0. The number of benzene rings is 1. The molecule has 2 saturated heterocycles. The molecule has 1 aromatic rings. The second-order valence-electron chi connectivity index (χ2n) is 7.04. The molecule has 2 aliphatic rings. The molecule has 1 amide bonds. The maximum Gasteiger partial charge on any atom is 0.237 e. The Labute approximate surface area is 149 Å². The van der Waals surface area contributed by atoms with E-state index in [0.29, 0.717) is 23.5 Å². The maximum atomic E-state index is 12.9. The lowest BCUT2D eigenvalue weighted by Gasteiger charge is -2.29. The van der Waals surface area contributed by atoms with Gasteiger partial charge < -0.3 is 10.6 Å². The molecule has 2 N–H and O–H groups in total. The van der Waals surface area contributed by atoms with Gasteiger partial charge in [0.2, 0.25) is 5.91 Å². The van der Waals surface area contributed by atoms with Gasteiger partial charge in [-0.3, -0.25) is 9.69 Å². The molecular formula is C19H28ClN3O. The molecule has 1 unspecified atom stereocenters. The number of hydrogen-bond acceptors (Lipinski definition) is 3. The Morgan fingerprint density at radius 2 is 2.29 bits per heavy atom. The van der Waals surface area contributed by atoms with Crippen LogP contribution in [0.4, 0.5) is 0 Å². The molecule has 24 heavy (non-hydrogen) atoms. The normalized spacial score (nSPS) is 27.5. The first-order valence-corrected chi connectivity index (χ1v) is 9.54. The summed E-state index contributed by atoms with van der Waals surface area (Å²) in [4.78, 5) is 15.2. The van der Waals surface area contributed by atoms with Crippen molar-refractivity contribution in [3.05, 3.63) is 34.9 Å². The molecule has 132 valence electrons. The number of likely N-dealkylation sites (tertiary alicyclic amines) is 1. The van der Waals surface area contributed by atoms with Crippen LogP contribution in [-0.4, -0.2) is 42.5 Å². The van der Waals surface area contributed by atoms with E-state index < -0.39 is 0 Å². The average molecular weight is 350 g/mol. The molecule has 3 atom stereocenters. The minimum absolute atomic E-state index is 0.0107. The number of amides is 1. The third-order valence-corrected chi connectivity index (χ3v) is 5.63. The molecule has 1 aromatic carbocycles. The number of rotatable bonds is 6. The maximum absolute atomic E-state index is 12.9. The van der Waals surface area contributed by atoms with Gasteiger partial charge in [-0.25, -0.2) is 0 Å². The molecule has 5 heteroatoms. The van der Waals surface area contributed by atoms with Gasteiger partial charge in [0.05, 0.1) is 6.04 Å². The van der Waals surface area contributed by atoms with Crippen LogP contribution < -0.4 is 10.6 Å². The third-order valence-electron chi connectivity index (χ3n) is 5.39. The summed E-state index contributed by atoms with van der Waals surface area (Å²) in [5.41, 5.74) is 1.05. The summed E-state index contributed by atoms with van der Waals surface area (Å²) < 4.78 is 0. The fourth-order valence-corrected chi connectivity index (χ4v) is 4.29. The zero-order chi connectivity index (χ0) is 16.9. The fraction of sp³-hybridized carbons (Fsp3) is 0.632. The molecule has 4 nitrogen and oxygen atoms in total. The first kappa shape index (κ1) is 17.7. The van der Waals surface area contributed by atoms with Crippen LogP contribution in [0.1, 0.15) is 38.2 Å². The van der Waals surface area contributed by atoms with Gasteiger partial charge in [0.1, 0.15) is 0 Å². The summed E-state index contributed by atoms with van der Waals surface area (Å²) in [6, 6.07) is 8.24. The second kappa shape index (κ2) is 8.32. The highest BCUT2D eigenvalue weighted by molar-refractivity contribution is 6.30. The van der Waals surface area contributed by atoms with Crippen molar-refractivity contribution in [2.24, 2.45) is 5.92 Å². The monoisotopic (exact) mass is 349 g/mol. The molecule has 3 rings (SSSR count). The Morgan fingerprint density at radius 3 is 3.00 bits per heavy atom. The predicted octanol–water partition coefficient (Wildman–Crippen LogP) is 2.81. The molecule has 2 fully saturated rings. The van der Waals surface area contributed by atoms with Gasteiger partial charge in [0.25, 0.3) is 0 Å². The minimum atomic E-state index is 0.0107. The highest BCUT2D eigenvalue weighted by Gasteiger charge is 2.39. The van der Waals surface area contributed by atoms with Crippen LogP contribution in [0.15, 0.2) is 24.3 Å². The smallest absolute Gasteiger partial charge is 0.237 e. The number of halogens is 1. The molecule has 0 aliphatic carbocycles. The van der Waals surface area contributed by atoms with E-state index in [9.17, 15) is 4.79 Å². The molecule has 0 bridgehead atoms. The van der Waals surface area contributed by atoms with Crippen LogP contribution in [0.25, 0.3) is 0 Å². The number of carbonyl (C=O) groups is 1. The Hall–Kier alpha value is -1.10. The minimum Gasteiger partial charge on any atom is -0.351 e. The molecule has 0 spiro atoms. The molecule has 2 heterocycles. The van der Waals surface area contributed by atoms with Crippen LogP contribution in [0.3, 0.4) is 0 Å². The Kier molecular flexibility index (Phi) is 6.14. The molecular weight excluding hydrogens is 322 g/mol. The van der Waals surface area contributed by atoms with E-state index in [2.05, 4.69) is 22.5 Å². The molecule has 0 saturated carbocycles. The quantitative estimate of drug-likeness (QED) is 0.830. The van der Waals surface area contributed by atoms with Crippen molar-refractivity contribution < 1.29 is 4.79 Å². The predicted molar refractivity (Wildman–Crippen MR) is 98.1 cm³/mol. The van der Waals surface area contributed by atoms with Gasteiger partial charge in [-0.05, 0) is 56.0 Å². The van der Waals surface area contributed by atoms with E-state index in [-0.39, 0.29) is 11.9 Å². The van der Waals surface area contributed by atoms with Crippen LogP contribution in [-0.2, 0) is 11.3 Å². The van der Waals surface area contributed by atoms with Gasteiger partial charge >= 0.3 is 0 Å². The van der Waals surface area contributed by atoms with Crippen molar-refractivity contribution in [3.63, 3.8) is 0 Å². The van der Waals surface area contributed by atoms with E-state index in [0.717, 1.165) is 38.0 Å². The zero-order valence-corrected chi connectivity index (χ0v) is 15.2. The van der Waals surface area contributed by atoms with Crippen LogP contribution in [0.2, 0.25) is 5.02 Å². The van der Waals surface area contributed by atoms with E-state index in [1.165, 1.54) is 12.8 Å². The largest absolute Gasteiger partial charge is 0.351 e. The highest BCUT2D eigenvalue weighted by Crippen LogP contribution is 2.28. The summed E-state index contributed by atoms with van der Waals surface area (Å²) in [6.45, 7) is 5.88. The van der Waals surface area contributed by atoms with E-state index in [1.807, 2.05) is 24.3 Å². The van der Waals surface area contributed by atoms with E-state index in [1.54, 1.807) is 0 Å².